The van der Waals surface area contributed by atoms with Crippen molar-refractivity contribution < 1.29 is 23.8 Å². The molecule has 0 saturated heterocycles. The zero-order valence-corrected chi connectivity index (χ0v) is 15.4. The number of carbonyl (C=O) groups excluding carboxylic acids is 2. The van der Waals surface area contributed by atoms with E-state index in [4.69, 9.17) is 14.2 Å². The lowest BCUT2D eigenvalue weighted by Crippen LogP contribution is -2.41. The van der Waals surface area contributed by atoms with E-state index in [9.17, 15) is 9.59 Å². The molecule has 1 aromatic rings. The monoisotopic (exact) mass is 358 g/mol. The molecule has 0 bridgehead atoms. The van der Waals surface area contributed by atoms with Crippen molar-refractivity contribution in [3.8, 4) is 0 Å². The average Bonchev–Trinajstić information content (AvgIpc) is 3.20. The normalized spacial score (nSPS) is 25.5. The van der Waals surface area contributed by atoms with Crippen molar-refractivity contribution >= 4 is 11.9 Å². The van der Waals surface area contributed by atoms with Gasteiger partial charge in [-0.15, -0.1) is 0 Å². The summed E-state index contributed by atoms with van der Waals surface area (Å²) in [6.07, 6.45) is 5.63. The molecule has 0 aromatic heterocycles. The second-order valence-corrected chi connectivity index (χ2v) is 7.14. The number of hydrogen-bond acceptors (Lipinski definition) is 5. The Morgan fingerprint density at radius 2 is 1.73 bits per heavy atom. The van der Waals surface area contributed by atoms with Gasteiger partial charge in [0.1, 0.15) is 6.61 Å². The number of benzene rings is 1. The molecule has 26 heavy (non-hydrogen) atoms. The topological polar surface area (TPSA) is 61.8 Å². The highest BCUT2D eigenvalue weighted by Gasteiger charge is 2.70. The zero-order valence-electron chi connectivity index (χ0n) is 15.4. The maximum absolute atomic E-state index is 12.5. The van der Waals surface area contributed by atoms with Gasteiger partial charge in [0.05, 0.1) is 19.5 Å². The van der Waals surface area contributed by atoms with Crippen LogP contribution in [0.5, 0.6) is 0 Å². The molecule has 2 aliphatic rings. The molecule has 0 spiro atoms. The number of carbonyl (C=O) groups is 2. The number of ether oxygens (including phenoxy) is 3. The summed E-state index contributed by atoms with van der Waals surface area (Å²) in [7, 11) is 0. The van der Waals surface area contributed by atoms with E-state index in [-0.39, 0.29) is 18.6 Å². The summed E-state index contributed by atoms with van der Waals surface area (Å²) in [5.74, 6) is -0.611. The highest BCUT2D eigenvalue weighted by molar-refractivity contribution is 6.01. The molecule has 2 aliphatic carbocycles. The standard InChI is InChI=1S/C21H26O5/c1-3-25-18(22)21(19(23)26-4-2)13-17-12-20(17,15-21)10-11-24-14-16-8-6-5-7-9-16/h5-11,17H,3-4,12-15H2,1-2H3/b11-10-/t17-,20+/m0/s1. The summed E-state index contributed by atoms with van der Waals surface area (Å²) >= 11 is 0. The van der Waals surface area contributed by atoms with Crippen LogP contribution in [0.3, 0.4) is 0 Å². The van der Waals surface area contributed by atoms with Crippen LogP contribution in [0, 0.1) is 16.7 Å². The third kappa shape index (κ3) is 3.48. The van der Waals surface area contributed by atoms with Gasteiger partial charge in [-0.3, -0.25) is 9.59 Å². The first-order valence-corrected chi connectivity index (χ1v) is 9.24. The minimum absolute atomic E-state index is 0.157. The van der Waals surface area contributed by atoms with Crippen LogP contribution in [0.1, 0.15) is 38.7 Å². The molecule has 2 atom stereocenters. The number of rotatable bonds is 8. The third-order valence-electron chi connectivity index (χ3n) is 5.43. The molecule has 5 nitrogen and oxygen atoms in total. The van der Waals surface area contributed by atoms with Crippen LogP contribution in [-0.2, 0) is 30.4 Å². The molecule has 0 N–H and O–H groups in total. The lowest BCUT2D eigenvalue weighted by atomic mass is 9.80. The Balaban J connectivity index is 1.65. The lowest BCUT2D eigenvalue weighted by Gasteiger charge is -2.27. The fraction of sp³-hybridized carbons (Fsp3) is 0.524. The van der Waals surface area contributed by atoms with Crippen molar-refractivity contribution in [1.29, 1.82) is 0 Å². The van der Waals surface area contributed by atoms with E-state index < -0.39 is 17.4 Å². The third-order valence-corrected chi connectivity index (χ3v) is 5.43. The van der Waals surface area contributed by atoms with Gasteiger partial charge in [0, 0.05) is 0 Å². The maximum atomic E-state index is 12.5. The summed E-state index contributed by atoms with van der Waals surface area (Å²) < 4.78 is 16.0. The van der Waals surface area contributed by atoms with Crippen LogP contribution < -0.4 is 0 Å². The quantitative estimate of drug-likeness (QED) is 0.403. The van der Waals surface area contributed by atoms with E-state index in [1.54, 1.807) is 20.1 Å². The van der Waals surface area contributed by atoms with Gasteiger partial charge in [-0.05, 0) is 56.1 Å². The molecule has 1 aromatic carbocycles. The molecule has 0 radical (unpaired) electrons. The predicted molar refractivity (Wildman–Crippen MR) is 95.8 cm³/mol. The van der Waals surface area contributed by atoms with Crippen LogP contribution in [0.4, 0.5) is 0 Å². The molecular weight excluding hydrogens is 332 g/mol. The average molecular weight is 358 g/mol. The van der Waals surface area contributed by atoms with Gasteiger partial charge >= 0.3 is 11.9 Å². The smallest absolute Gasteiger partial charge is 0.323 e. The summed E-state index contributed by atoms with van der Waals surface area (Å²) in [6, 6.07) is 9.93. The first kappa shape index (κ1) is 18.5. The van der Waals surface area contributed by atoms with Crippen molar-refractivity contribution in [2.45, 2.75) is 39.7 Å². The SMILES string of the molecule is CCOC(=O)C1(C(=O)OCC)C[C@@H]2C[C@]2(/C=C\OCc2ccccc2)C1. The van der Waals surface area contributed by atoms with Crippen molar-refractivity contribution in [3.05, 3.63) is 48.2 Å². The minimum Gasteiger partial charge on any atom is -0.497 e. The molecule has 3 rings (SSSR count). The predicted octanol–water partition coefficient (Wildman–Crippen LogP) is 3.63. The largest absolute Gasteiger partial charge is 0.497 e. The number of allylic oxidation sites excluding steroid dienone is 1. The maximum Gasteiger partial charge on any atom is 0.323 e. The van der Waals surface area contributed by atoms with E-state index in [1.165, 1.54) is 0 Å². The first-order chi connectivity index (χ1) is 12.6. The molecule has 5 heteroatoms. The van der Waals surface area contributed by atoms with Crippen LogP contribution in [-0.4, -0.2) is 25.2 Å². The molecule has 0 unspecified atom stereocenters. The fourth-order valence-electron chi connectivity index (χ4n) is 4.04. The summed E-state index contributed by atoms with van der Waals surface area (Å²) in [5.41, 5.74) is -0.227. The van der Waals surface area contributed by atoms with Crippen molar-refractivity contribution in [2.75, 3.05) is 13.2 Å². The zero-order chi connectivity index (χ0) is 18.6. The Morgan fingerprint density at radius 1 is 1.08 bits per heavy atom. The molecular formula is C21H26O5. The van der Waals surface area contributed by atoms with Gasteiger partial charge in [0.2, 0.25) is 0 Å². The first-order valence-electron chi connectivity index (χ1n) is 9.24. The molecule has 0 aliphatic heterocycles. The van der Waals surface area contributed by atoms with Crippen molar-refractivity contribution in [3.63, 3.8) is 0 Å². The fourth-order valence-corrected chi connectivity index (χ4v) is 4.04. The summed E-state index contributed by atoms with van der Waals surface area (Å²) in [4.78, 5) is 25.1. The Bertz CT molecular complexity index is 663. The lowest BCUT2D eigenvalue weighted by molar-refractivity contribution is -0.172. The van der Waals surface area contributed by atoms with Crippen LogP contribution in [0.25, 0.3) is 0 Å². The van der Waals surface area contributed by atoms with Gasteiger partial charge in [-0.2, -0.15) is 0 Å². The highest BCUT2D eigenvalue weighted by atomic mass is 16.6. The Hall–Kier alpha value is -2.30. The summed E-state index contributed by atoms with van der Waals surface area (Å²) in [5, 5.41) is 0. The number of hydrogen-bond donors (Lipinski definition) is 0. The Morgan fingerprint density at radius 3 is 2.35 bits per heavy atom. The minimum atomic E-state index is -1.17. The molecule has 2 saturated carbocycles. The van der Waals surface area contributed by atoms with Gasteiger partial charge in [0.25, 0.3) is 0 Å². The van der Waals surface area contributed by atoms with Gasteiger partial charge in [0.15, 0.2) is 5.41 Å². The second-order valence-electron chi connectivity index (χ2n) is 7.14. The van der Waals surface area contributed by atoms with Crippen LogP contribution >= 0.6 is 0 Å². The summed E-state index contributed by atoms with van der Waals surface area (Å²) in [6.45, 7) is 4.51. The van der Waals surface area contributed by atoms with Crippen LogP contribution in [0.2, 0.25) is 0 Å². The Kier molecular flexibility index (Phi) is 5.35. The second kappa shape index (κ2) is 7.52. The van der Waals surface area contributed by atoms with E-state index >= 15 is 0 Å². The van der Waals surface area contributed by atoms with Crippen molar-refractivity contribution in [2.24, 2.45) is 16.7 Å². The molecule has 140 valence electrons. The van der Waals surface area contributed by atoms with E-state index in [2.05, 4.69) is 0 Å². The van der Waals surface area contributed by atoms with Crippen molar-refractivity contribution in [1.82, 2.24) is 0 Å². The van der Waals surface area contributed by atoms with E-state index in [0.717, 1.165) is 12.0 Å². The number of esters is 2. The van der Waals surface area contributed by atoms with Gasteiger partial charge in [-0.1, -0.05) is 30.3 Å². The van der Waals surface area contributed by atoms with Crippen LogP contribution in [0.15, 0.2) is 42.7 Å². The highest BCUT2D eigenvalue weighted by Crippen LogP contribution is 2.70. The van der Waals surface area contributed by atoms with Gasteiger partial charge < -0.3 is 14.2 Å². The number of fused-ring (bicyclic) bond motifs is 1. The molecule has 0 heterocycles. The van der Waals surface area contributed by atoms with E-state index in [1.807, 2.05) is 36.4 Å². The van der Waals surface area contributed by atoms with E-state index in [0.29, 0.717) is 25.4 Å². The van der Waals surface area contributed by atoms with Gasteiger partial charge in [-0.25, -0.2) is 0 Å². The molecule has 2 fully saturated rings. The molecule has 0 amide bonds. The Labute approximate surface area is 154 Å².